The van der Waals surface area contributed by atoms with Crippen LogP contribution >= 0.6 is 11.6 Å². The van der Waals surface area contributed by atoms with Crippen LogP contribution < -0.4 is 42.4 Å². The van der Waals surface area contributed by atoms with E-state index in [1.54, 1.807) is 52.1 Å². The highest BCUT2D eigenvalue weighted by atomic mass is 35.5. The number of nitrogens with one attached hydrogen (secondary N) is 6. The summed E-state index contributed by atoms with van der Waals surface area (Å²) in [6.45, 7) is 17.4. The molecule has 4 rings (SSSR count). The van der Waals surface area contributed by atoms with Crippen molar-refractivity contribution in [3.05, 3.63) is 95.1 Å². The minimum Gasteiger partial charge on any atom is -0.484 e. The predicted octanol–water partition coefficient (Wildman–Crippen LogP) is 8.00. The summed E-state index contributed by atoms with van der Waals surface area (Å²) in [5, 5.41) is 17.5. The number of nitrogens with zero attached hydrogens (tertiary/aromatic N) is 2. The van der Waals surface area contributed by atoms with Gasteiger partial charge in [-0.2, -0.15) is 26.3 Å². The maximum Gasteiger partial charge on any atom is 0.419 e. The molecular weight excluding hydrogens is 1270 g/mol. The van der Waals surface area contributed by atoms with Crippen LogP contribution in [-0.2, 0) is 58.7 Å². The molecule has 2 unspecified atom stereocenters. The molecule has 1 aliphatic rings. The Labute approximate surface area is 552 Å². The number of nitrogens with two attached hydrogens (primary N) is 1. The summed E-state index contributed by atoms with van der Waals surface area (Å²) in [4.78, 5) is 99.0. The number of aryl methyl sites for hydroxylation is 1. The topological polar surface area (TPSA) is 297 Å². The molecule has 1 aliphatic heterocycles. The molecule has 8 N–H and O–H groups in total. The van der Waals surface area contributed by atoms with Gasteiger partial charge >= 0.3 is 18.3 Å². The van der Waals surface area contributed by atoms with Crippen LogP contribution in [0.1, 0.15) is 121 Å². The fraction of sp³-hybridized carbons (Fsp3) is 0.578. The van der Waals surface area contributed by atoms with Gasteiger partial charge in [-0.05, 0) is 137 Å². The number of pyridine rings is 1. The van der Waals surface area contributed by atoms with Crippen LogP contribution in [0, 0.1) is 12.7 Å². The summed E-state index contributed by atoms with van der Waals surface area (Å²) in [7, 11) is 3.64. The molecule has 0 bridgehead atoms. The first kappa shape index (κ1) is 88.7. The minimum atomic E-state index is -4.60. The van der Waals surface area contributed by atoms with Crippen molar-refractivity contribution in [2.75, 3.05) is 105 Å². The standard InChI is InChI=1S/C39H60N6O11.C8H6F4.C7H14N2O.C6H7ClF3N.C2H4O.C2H6/c1-39(2,3)56-38(51)33(10-5-7-15-40-4)45-37(50)32(9-6-8-16-41-28-47)44-35(48)14-19-52-21-23-54-24-22-53-20-18-43-36(49)27-55-30-11-12-31-29(26-46)13-17-42-34(31)25-30;1-5-2-3-7(9)6(4-5)8(10,11)12;1-8-6-7(10)9-4-2-3-5-9;7-3-1-2-5(4-11)6(8,9)10;1-2-3;1-2/h11-13,17,25-26,28,32-33,40H,5-10,14-16,18-24,27H2,1-4H3,(H,41,47)(H,43,49)(H,44,48)(H,45,50);2-4H,1H3;8H,2-6H2,1H3;1-2,4H,3,11H2;2H,1H3;1-2H3/b;;;2-1+,5-4-;;. The molecule has 0 saturated carbocycles. The van der Waals surface area contributed by atoms with Gasteiger partial charge in [0.15, 0.2) is 12.9 Å². The molecule has 532 valence electrons. The van der Waals surface area contributed by atoms with E-state index in [0.29, 0.717) is 98.8 Å². The summed E-state index contributed by atoms with van der Waals surface area (Å²) in [6, 6.07) is 7.85. The zero-order valence-corrected chi connectivity index (χ0v) is 56.1. The molecule has 30 heteroatoms. The van der Waals surface area contributed by atoms with Crippen LogP contribution in [0.25, 0.3) is 10.9 Å². The molecular formula is C64H97ClF7N9O13. The molecule has 5 amide bonds. The van der Waals surface area contributed by atoms with E-state index < -0.39 is 58.9 Å². The number of likely N-dealkylation sites (N-methyl/N-ethyl adjacent to an activating group) is 1. The number of likely N-dealkylation sites (tertiary alicyclic amines) is 1. The quantitative estimate of drug-likeness (QED) is 0.00733. The lowest BCUT2D eigenvalue weighted by molar-refractivity contribution is -0.159. The number of benzene rings is 2. The van der Waals surface area contributed by atoms with Gasteiger partial charge in [0.25, 0.3) is 5.91 Å². The van der Waals surface area contributed by atoms with Crippen LogP contribution in [0.4, 0.5) is 30.7 Å². The number of fused-ring (bicyclic) bond motifs is 1. The number of carbonyl (C=O) groups is 8. The van der Waals surface area contributed by atoms with E-state index in [2.05, 4.69) is 36.9 Å². The lowest BCUT2D eigenvalue weighted by Crippen LogP contribution is -2.52. The van der Waals surface area contributed by atoms with E-state index in [1.165, 1.54) is 45.0 Å². The van der Waals surface area contributed by atoms with Gasteiger partial charge in [-0.15, -0.1) is 11.6 Å². The summed E-state index contributed by atoms with van der Waals surface area (Å²) in [5.41, 5.74) is 3.41. The molecule has 1 aromatic heterocycles. The second-order valence-electron chi connectivity index (χ2n) is 20.8. The van der Waals surface area contributed by atoms with Crippen LogP contribution in [0.2, 0.25) is 0 Å². The summed E-state index contributed by atoms with van der Waals surface area (Å²) < 4.78 is 111. The molecule has 0 aliphatic carbocycles. The third-order valence-electron chi connectivity index (χ3n) is 12.1. The summed E-state index contributed by atoms with van der Waals surface area (Å²) in [5.74, 6) is -2.20. The molecule has 1 fully saturated rings. The third-order valence-corrected chi connectivity index (χ3v) is 12.3. The van der Waals surface area contributed by atoms with Crippen molar-refractivity contribution in [3.63, 3.8) is 0 Å². The Kier molecular flexibility index (Phi) is 50.0. The Morgan fingerprint density at radius 2 is 1.37 bits per heavy atom. The van der Waals surface area contributed by atoms with E-state index in [0.717, 1.165) is 56.8 Å². The lowest BCUT2D eigenvalue weighted by atomic mass is 10.1. The Balaban J connectivity index is 0. The Morgan fingerprint density at radius 3 is 1.91 bits per heavy atom. The Hall–Kier alpha value is -7.31. The van der Waals surface area contributed by atoms with Gasteiger partial charge in [-0.25, -0.2) is 9.18 Å². The van der Waals surface area contributed by atoms with E-state index in [4.69, 9.17) is 45.8 Å². The van der Waals surface area contributed by atoms with Gasteiger partial charge in [0, 0.05) is 67.9 Å². The van der Waals surface area contributed by atoms with Gasteiger partial charge in [0.2, 0.25) is 24.1 Å². The average Bonchev–Trinajstić information content (AvgIpc) is 1.02. The second-order valence-corrected chi connectivity index (χ2v) is 21.1. The van der Waals surface area contributed by atoms with Crippen LogP contribution in [0.5, 0.6) is 5.75 Å². The highest BCUT2D eigenvalue weighted by Crippen LogP contribution is 2.32. The Morgan fingerprint density at radius 1 is 0.766 bits per heavy atom. The van der Waals surface area contributed by atoms with Crippen LogP contribution in [-0.4, -0.2) is 188 Å². The normalized spacial score (nSPS) is 12.6. The first-order valence-electron chi connectivity index (χ1n) is 30.6. The van der Waals surface area contributed by atoms with Crippen molar-refractivity contribution >= 4 is 71.1 Å². The zero-order valence-electron chi connectivity index (χ0n) is 55.3. The third kappa shape index (κ3) is 43.6. The molecule has 94 heavy (non-hydrogen) atoms. The van der Waals surface area contributed by atoms with Crippen molar-refractivity contribution in [1.82, 2.24) is 41.8 Å². The molecule has 22 nitrogen and oxygen atoms in total. The molecule has 1 saturated heterocycles. The number of unbranched alkanes of at least 4 members (excludes halogenated alkanes) is 2. The van der Waals surface area contributed by atoms with Crippen molar-refractivity contribution in [3.8, 4) is 5.75 Å². The lowest BCUT2D eigenvalue weighted by Gasteiger charge is -2.26. The largest absolute Gasteiger partial charge is 0.484 e. The van der Waals surface area contributed by atoms with Gasteiger partial charge < -0.3 is 71.0 Å². The molecule has 0 radical (unpaired) electrons. The van der Waals surface area contributed by atoms with Gasteiger partial charge in [-0.3, -0.25) is 33.8 Å². The van der Waals surface area contributed by atoms with Gasteiger partial charge in [-0.1, -0.05) is 37.6 Å². The van der Waals surface area contributed by atoms with Crippen molar-refractivity contribution < 1.29 is 92.8 Å². The summed E-state index contributed by atoms with van der Waals surface area (Å²) in [6.07, 6.45) is 2.91. The number of alkyl halides is 7. The first-order valence-corrected chi connectivity index (χ1v) is 31.2. The van der Waals surface area contributed by atoms with E-state index in [9.17, 15) is 64.3 Å². The number of aromatic nitrogens is 1. The van der Waals surface area contributed by atoms with E-state index >= 15 is 0 Å². The fourth-order valence-corrected chi connectivity index (χ4v) is 7.82. The molecule has 2 heterocycles. The highest BCUT2D eigenvalue weighted by molar-refractivity contribution is 6.18. The number of amides is 5. The number of ether oxygens (including phenoxy) is 5. The van der Waals surface area contributed by atoms with E-state index in [1.807, 2.05) is 25.8 Å². The zero-order chi connectivity index (χ0) is 71.4. The smallest absolute Gasteiger partial charge is 0.419 e. The maximum atomic E-state index is 13.4. The average molecular weight is 1370 g/mol. The number of rotatable bonds is 35. The predicted molar refractivity (Wildman–Crippen MR) is 345 cm³/mol. The van der Waals surface area contributed by atoms with Gasteiger partial charge in [0.05, 0.1) is 62.8 Å². The number of carbonyl (C=O) groups excluding carboxylic acids is 8. The monoisotopic (exact) mass is 1370 g/mol. The highest BCUT2D eigenvalue weighted by Gasteiger charge is 2.34. The number of hydrogen-bond donors (Lipinski definition) is 7. The molecule has 3 aromatic rings. The fourth-order valence-electron chi connectivity index (χ4n) is 7.73. The SMILES string of the molecule is CC.CC=O.CNCC(=O)N1CCCC1.CNCCCCC(NC(=O)C(CCCCNC=O)NC(=O)CCOCCOCCOCCNC(=O)COc1ccc2c(C=O)ccnc2c1)C(=O)OC(C)(C)C.Cc1ccc(F)c(C(F)(F)F)c1.N/C=C(/C=C/CCl)C(F)(F)F. The molecule has 2 aromatic carbocycles. The summed E-state index contributed by atoms with van der Waals surface area (Å²) >= 11 is 5.13. The number of aldehydes is 2. The van der Waals surface area contributed by atoms with Crippen molar-refractivity contribution in [2.24, 2.45) is 5.73 Å². The van der Waals surface area contributed by atoms with E-state index in [-0.39, 0.29) is 69.6 Å². The molecule has 2 atom stereocenters. The second kappa shape index (κ2) is 53.0. The number of allylic oxidation sites excluding steroid dienone is 3. The number of hydrogen-bond acceptors (Lipinski definition) is 17. The van der Waals surface area contributed by atoms with Crippen molar-refractivity contribution in [1.29, 1.82) is 0 Å². The number of halogens is 8. The van der Waals surface area contributed by atoms with Crippen LogP contribution in [0.15, 0.2) is 72.6 Å². The first-order chi connectivity index (χ1) is 44.7. The van der Waals surface area contributed by atoms with Gasteiger partial charge in [0.1, 0.15) is 35.5 Å². The molecule has 0 spiro atoms. The van der Waals surface area contributed by atoms with Crippen LogP contribution in [0.3, 0.4) is 0 Å². The maximum absolute atomic E-state index is 13.4. The Bertz CT molecular complexity index is 2700. The number of esters is 1. The van der Waals surface area contributed by atoms with Crippen molar-refractivity contribution in [2.45, 2.75) is 136 Å². The minimum absolute atomic E-state index is 0.0115.